The fraction of sp³-hybridized carbons (Fsp3) is 0.100. The average molecular weight is 255 g/mol. The van der Waals surface area contributed by atoms with E-state index in [1.165, 1.54) is 24.3 Å². The molecule has 0 aromatic heterocycles. The number of aliphatic carboxylic acids is 1. The molecule has 17 heavy (non-hydrogen) atoms. The van der Waals surface area contributed by atoms with Crippen molar-refractivity contribution < 1.29 is 14.3 Å². The fourth-order valence-electron chi connectivity index (χ4n) is 1.08. The Morgan fingerprint density at radius 1 is 1.47 bits per heavy atom. The van der Waals surface area contributed by atoms with Crippen LogP contribution in [0, 0.1) is 5.82 Å². The zero-order chi connectivity index (χ0) is 12.8. The van der Waals surface area contributed by atoms with Crippen molar-refractivity contribution in [2.45, 2.75) is 6.42 Å². The maximum atomic E-state index is 12.6. The summed E-state index contributed by atoms with van der Waals surface area (Å²) in [5.41, 5.74) is 7.79. The summed E-state index contributed by atoms with van der Waals surface area (Å²) >= 11 is 4.50. The van der Waals surface area contributed by atoms with E-state index in [-0.39, 0.29) is 23.1 Å². The van der Waals surface area contributed by atoms with Gasteiger partial charge in [0.15, 0.2) is 5.11 Å². The highest BCUT2D eigenvalue weighted by Gasteiger charge is 2.10. The first kappa shape index (κ1) is 13.0. The Morgan fingerprint density at radius 2 is 2.06 bits per heavy atom. The van der Waals surface area contributed by atoms with Crippen molar-refractivity contribution in [1.82, 2.24) is 5.43 Å². The van der Waals surface area contributed by atoms with E-state index in [0.717, 1.165) is 0 Å². The van der Waals surface area contributed by atoms with Gasteiger partial charge < -0.3 is 10.8 Å². The zero-order valence-corrected chi connectivity index (χ0v) is 9.50. The number of carboxylic acids is 1. The molecule has 1 aromatic rings. The highest BCUT2D eigenvalue weighted by atomic mass is 32.1. The second kappa shape index (κ2) is 5.90. The summed E-state index contributed by atoms with van der Waals surface area (Å²) in [7, 11) is 0. The van der Waals surface area contributed by atoms with Gasteiger partial charge in [-0.2, -0.15) is 5.10 Å². The first-order valence-corrected chi connectivity index (χ1v) is 4.99. The molecular weight excluding hydrogens is 245 g/mol. The Morgan fingerprint density at radius 3 is 2.53 bits per heavy atom. The zero-order valence-electron chi connectivity index (χ0n) is 8.68. The summed E-state index contributed by atoms with van der Waals surface area (Å²) in [4.78, 5) is 10.9. The van der Waals surface area contributed by atoms with E-state index < -0.39 is 5.97 Å². The predicted molar refractivity (Wildman–Crippen MR) is 65.1 cm³/mol. The van der Waals surface area contributed by atoms with Crippen molar-refractivity contribution >= 4 is 29.0 Å². The van der Waals surface area contributed by atoms with Crippen LogP contribution in [0.1, 0.15) is 5.56 Å². The van der Waals surface area contributed by atoms with Crippen LogP contribution >= 0.6 is 12.2 Å². The van der Waals surface area contributed by atoms with Crippen LogP contribution in [0.4, 0.5) is 4.39 Å². The predicted octanol–water partition coefficient (Wildman–Crippen LogP) is 0.642. The molecule has 1 rings (SSSR count). The molecule has 0 amide bonds. The van der Waals surface area contributed by atoms with E-state index in [1.807, 2.05) is 0 Å². The molecule has 0 spiro atoms. The van der Waals surface area contributed by atoms with Gasteiger partial charge >= 0.3 is 5.97 Å². The molecule has 0 saturated heterocycles. The third-order valence-corrected chi connectivity index (χ3v) is 1.92. The molecule has 5 nitrogen and oxygen atoms in total. The Kier molecular flexibility index (Phi) is 4.53. The van der Waals surface area contributed by atoms with Crippen LogP contribution < -0.4 is 11.2 Å². The second-order valence-electron chi connectivity index (χ2n) is 3.14. The summed E-state index contributed by atoms with van der Waals surface area (Å²) in [6, 6.07) is 5.45. The Balaban J connectivity index is 2.80. The molecule has 0 unspecified atom stereocenters. The van der Waals surface area contributed by atoms with Gasteiger partial charge in [0.05, 0.1) is 0 Å². The number of halogens is 1. The lowest BCUT2D eigenvalue weighted by Gasteiger charge is -2.03. The number of hydrogen-bond acceptors (Lipinski definition) is 3. The molecule has 0 bridgehead atoms. The molecule has 0 atom stereocenters. The van der Waals surface area contributed by atoms with E-state index in [0.29, 0.717) is 5.56 Å². The van der Waals surface area contributed by atoms with Crippen LogP contribution in [-0.2, 0) is 11.2 Å². The molecule has 0 saturated carbocycles. The normalized spacial score (nSPS) is 11.0. The van der Waals surface area contributed by atoms with Gasteiger partial charge in [-0.15, -0.1) is 0 Å². The van der Waals surface area contributed by atoms with Gasteiger partial charge in [-0.3, -0.25) is 5.43 Å². The number of carboxylic acid groups (broad SMARTS) is 1. The van der Waals surface area contributed by atoms with Crippen LogP contribution in [0.15, 0.2) is 29.4 Å². The number of carbonyl (C=O) groups is 1. The van der Waals surface area contributed by atoms with Gasteiger partial charge in [-0.05, 0) is 29.9 Å². The summed E-state index contributed by atoms with van der Waals surface area (Å²) in [6.07, 6.45) is 0.0469. The monoisotopic (exact) mass is 255 g/mol. The molecule has 0 radical (unpaired) electrons. The summed E-state index contributed by atoms with van der Waals surface area (Å²) < 4.78 is 12.6. The number of hydrogen-bond donors (Lipinski definition) is 3. The highest BCUT2D eigenvalue weighted by molar-refractivity contribution is 7.80. The number of hydrazone groups is 1. The molecule has 90 valence electrons. The molecule has 1 aromatic carbocycles. The van der Waals surface area contributed by atoms with Crippen molar-refractivity contribution in [2.75, 3.05) is 0 Å². The van der Waals surface area contributed by atoms with Gasteiger partial charge in [0.2, 0.25) is 0 Å². The van der Waals surface area contributed by atoms with Gasteiger partial charge in [-0.1, -0.05) is 12.1 Å². The number of thiocarbonyl (C=S) groups is 1. The smallest absolute Gasteiger partial charge is 0.352 e. The minimum Gasteiger partial charge on any atom is -0.477 e. The van der Waals surface area contributed by atoms with Gasteiger partial charge in [-0.25, -0.2) is 9.18 Å². The molecule has 4 N–H and O–H groups in total. The lowest BCUT2D eigenvalue weighted by molar-refractivity contribution is -0.129. The van der Waals surface area contributed by atoms with Crippen LogP contribution in [-0.4, -0.2) is 21.9 Å². The maximum Gasteiger partial charge on any atom is 0.352 e. The number of nitrogens with zero attached hydrogens (tertiary/aromatic N) is 1. The largest absolute Gasteiger partial charge is 0.477 e. The van der Waals surface area contributed by atoms with Gasteiger partial charge in [0.25, 0.3) is 0 Å². The maximum absolute atomic E-state index is 12.6. The molecule has 0 aliphatic rings. The fourth-order valence-corrected chi connectivity index (χ4v) is 1.13. The Labute approximate surface area is 102 Å². The van der Waals surface area contributed by atoms with Crippen molar-refractivity contribution in [3.63, 3.8) is 0 Å². The number of nitrogens with one attached hydrogen (secondary N) is 1. The molecule has 0 aliphatic heterocycles. The molecule has 0 fully saturated rings. The molecule has 0 aliphatic carbocycles. The Bertz CT molecular complexity index is 459. The third-order valence-electron chi connectivity index (χ3n) is 1.83. The van der Waals surface area contributed by atoms with Gasteiger partial charge in [0, 0.05) is 6.42 Å². The van der Waals surface area contributed by atoms with Crippen LogP contribution in [0.5, 0.6) is 0 Å². The summed E-state index contributed by atoms with van der Waals surface area (Å²) in [5, 5.41) is 12.3. The molecule has 7 heteroatoms. The van der Waals surface area contributed by atoms with Crippen molar-refractivity contribution in [1.29, 1.82) is 0 Å². The van der Waals surface area contributed by atoms with Crippen molar-refractivity contribution in [3.8, 4) is 0 Å². The van der Waals surface area contributed by atoms with E-state index in [2.05, 4.69) is 22.7 Å². The first-order chi connectivity index (χ1) is 7.99. The van der Waals surface area contributed by atoms with Crippen molar-refractivity contribution in [2.24, 2.45) is 10.8 Å². The minimum atomic E-state index is -1.20. The standard InChI is InChI=1S/C10H10FN3O2S/c11-7-3-1-6(2-4-7)5-8(9(15)16)13-14-10(12)17/h1-4H,5H2,(H,15,16)(H3,12,14,17)/b13-8+. The lowest BCUT2D eigenvalue weighted by atomic mass is 10.1. The second-order valence-corrected chi connectivity index (χ2v) is 3.58. The molecule has 0 heterocycles. The van der Waals surface area contributed by atoms with E-state index in [4.69, 9.17) is 10.8 Å². The third kappa shape index (κ3) is 4.56. The Hall–Kier alpha value is -2.02. The van der Waals surface area contributed by atoms with Crippen LogP contribution in [0.3, 0.4) is 0 Å². The van der Waals surface area contributed by atoms with E-state index in [9.17, 15) is 9.18 Å². The SMILES string of the molecule is NC(=S)N/N=C(\Cc1ccc(F)cc1)C(=O)O. The number of nitrogens with two attached hydrogens (primary N) is 1. The van der Waals surface area contributed by atoms with Crippen LogP contribution in [0.25, 0.3) is 0 Å². The number of benzene rings is 1. The average Bonchev–Trinajstić information content (AvgIpc) is 2.26. The first-order valence-electron chi connectivity index (χ1n) is 4.59. The summed E-state index contributed by atoms with van der Waals surface area (Å²) in [5.74, 6) is -1.58. The lowest BCUT2D eigenvalue weighted by Crippen LogP contribution is -2.28. The van der Waals surface area contributed by atoms with Crippen molar-refractivity contribution in [3.05, 3.63) is 35.6 Å². The summed E-state index contributed by atoms with van der Waals surface area (Å²) in [6.45, 7) is 0. The van der Waals surface area contributed by atoms with Gasteiger partial charge in [0.1, 0.15) is 11.5 Å². The number of rotatable bonds is 4. The van der Waals surface area contributed by atoms with E-state index in [1.54, 1.807) is 0 Å². The quantitative estimate of drug-likeness (QED) is 0.417. The van der Waals surface area contributed by atoms with E-state index >= 15 is 0 Å². The minimum absolute atomic E-state index is 0.0469. The highest BCUT2D eigenvalue weighted by Crippen LogP contribution is 2.04. The topological polar surface area (TPSA) is 87.7 Å². The van der Waals surface area contributed by atoms with Crippen LogP contribution in [0.2, 0.25) is 0 Å². The molecular formula is C10H10FN3O2S.